The van der Waals surface area contributed by atoms with Crippen molar-refractivity contribution in [1.82, 2.24) is 4.98 Å². The van der Waals surface area contributed by atoms with Crippen molar-refractivity contribution >= 4 is 54.0 Å². The first kappa shape index (κ1) is 20.3. The average molecular weight is 472 g/mol. The Labute approximate surface area is 172 Å². The molecule has 1 aromatic heterocycles. The largest absolute Gasteiger partial charge is 0.325 e. The molecule has 0 saturated heterocycles. The van der Waals surface area contributed by atoms with Gasteiger partial charge in [-0.25, -0.2) is 13.4 Å². The number of hydrogen-bond acceptors (Lipinski definition) is 5. The molecule has 2 aromatic rings. The molecule has 1 aliphatic rings. The number of nitrogens with one attached hydrogen (secondary N) is 2. The summed E-state index contributed by atoms with van der Waals surface area (Å²) in [6, 6.07) is 3.76. The van der Waals surface area contributed by atoms with Gasteiger partial charge in [-0.3, -0.25) is 9.52 Å². The molecule has 1 aromatic carbocycles. The van der Waals surface area contributed by atoms with Crippen molar-refractivity contribution in [2.45, 2.75) is 51.2 Å². The second-order valence-electron chi connectivity index (χ2n) is 7.31. The van der Waals surface area contributed by atoms with Gasteiger partial charge in [-0.1, -0.05) is 15.9 Å². The van der Waals surface area contributed by atoms with Crippen LogP contribution < -0.4 is 10.0 Å². The van der Waals surface area contributed by atoms with Gasteiger partial charge in [0, 0.05) is 15.5 Å². The smallest absolute Gasteiger partial charge is 0.237 e. The fourth-order valence-corrected chi connectivity index (χ4v) is 5.41. The van der Waals surface area contributed by atoms with E-state index in [1.165, 1.54) is 11.3 Å². The number of halogens is 1. The molecule has 3 rings (SSSR count). The lowest BCUT2D eigenvalue weighted by atomic mass is 9.88. The van der Waals surface area contributed by atoms with Crippen LogP contribution in [0, 0.1) is 13.8 Å². The zero-order valence-corrected chi connectivity index (χ0v) is 18.8. The van der Waals surface area contributed by atoms with Crippen LogP contribution in [0.5, 0.6) is 0 Å². The standard InChI is InChI=1S/C18H22BrN3O3S2/c1-10-11(2)14(8-7-13(10)19)20-16(23)18(3,4)15-9-26-17(21-15)22-27(24,25)12-5-6-12/h7-9,12H,5-6H2,1-4H3,(H,20,23)(H,21,22). The minimum absolute atomic E-state index is 0.200. The Kier molecular flexibility index (Phi) is 5.39. The van der Waals surface area contributed by atoms with Crippen molar-refractivity contribution in [3.05, 3.63) is 38.8 Å². The lowest BCUT2D eigenvalue weighted by Gasteiger charge is -2.22. The van der Waals surface area contributed by atoms with E-state index in [0.717, 1.165) is 21.3 Å². The van der Waals surface area contributed by atoms with Gasteiger partial charge < -0.3 is 5.32 Å². The SMILES string of the molecule is Cc1c(Br)ccc(NC(=O)C(C)(C)c2csc(NS(=O)(=O)C3CC3)n2)c1C. The van der Waals surface area contributed by atoms with Crippen molar-refractivity contribution in [2.75, 3.05) is 10.0 Å². The zero-order chi connectivity index (χ0) is 20.0. The molecule has 1 amide bonds. The molecule has 0 atom stereocenters. The van der Waals surface area contributed by atoms with E-state index in [1.807, 2.05) is 26.0 Å². The Balaban J connectivity index is 1.78. The van der Waals surface area contributed by atoms with Crippen LogP contribution in [0.25, 0.3) is 0 Å². The highest BCUT2D eigenvalue weighted by molar-refractivity contribution is 9.10. The highest BCUT2D eigenvalue weighted by atomic mass is 79.9. The number of nitrogens with zero attached hydrogens (tertiary/aromatic N) is 1. The van der Waals surface area contributed by atoms with Gasteiger partial charge in [0.05, 0.1) is 16.4 Å². The fraction of sp³-hybridized carbons (Fsp3) is 0.444. The lowest BCUT2D eigenvalue weighted by Crippen LogP contribution is -2.35. The third-order valence-electron chi connectivity index (χ3n) is 4.87. The molecule has 1 saturated carbocycles. The highest BCUT2D eigenvalue weighted by Gasteiger charge is 2.37. The topological polar surface area (TPSA) is 88.2 Å². The molecule has 0 spiro atoms. The first-order valence-corrected chi connectivity index (χ1v) is 11.8. The summed E-state index contributed by atoms with van der Waals surface area (Å²) in [7, 11) is -3.36. The number of sulfonamides is 1. The summed E-state index contributed by atoms with van der Waals surface area (Å²) in [5.74, 6) is -0.200. The number of amides is 1. The first-order valence-electron chi connectivity index (χ1n) is 8.57. The highest BCUT2D eigenvalue weighted by Crippen LogP contribution is 2.33. The van der Waals surface area contributed by atoms with Gasteiger partial charge in [-0.05, 0) is 63.8 Å². The van der Waals surface area contributed by atoms with Crippen molar-refractivity contribution in [3.63, 3.8) is 0 Å². The van der Waals surface area contributed by atoms with Crippen LogP contribution in [-0.4, -0.2) is 24.6 Å². The molecule has 6 nitrogen and oxygen atoms in total. The molecule has 0 bridgehead atoms. The molecule has 1 aliphatic carbocycles. The second kappa shape index (κ2) is 7.18. The number of hydrogen-bond donors (Lipinski definition) is 2. The number of rotatable bonds is 6. The minimum atomic E-state index is -3.36. The lowest BCUT2D eigenvalue weighted by molar-refractivity contribution is -0.120. The van der Waals surface area contributed by atoms with Crippen LogP contribution in [0.1, 0.15) is 43.5 Å². The molecule has 2 N–H and O–H groups in total. The number of benzene rings is 1. The van der Waals surface area contributed by atoms with Gasteiger partial charge in [0.2, 0.25) is 15.9 Å². The van der Waals surface area contributed by atoms with E-state index < -0.39 is 15.4 Å². The molecule has 0 aliphatic heterocycles. The number of carbonyl (C=O) groups excluding carboxylic acids is 1. The van der Waals surface area contributed by atoms with Crippen LogP contribution in [-0.2, 0) is 20.2 Å². The molecule has 0 unspecified atom stereocenters. The Bertz CT molecular complexity index is 995. The Morgan fingerprint density at radius 3 is 2.56 bits per heavy atom. The maximum atomic E-state index is 12.9. The van der Waals surface area contributed by atoms with Crippen molar-refractivity contribution in [1.29, 1.82) is 0 Å². The van der Waals surface area contributed by atoms with E-state index in [1.54, 1.807) is 19.2 Å². The quantitative estimate of drug-likeness (QED) is 0.655. The first-order chi connectivity index (χ1) is 12.5. The molecule has 0 radical (unpaired) electrons. The molecule has 27 heavy (non-hydrogen) atoms. The molecule has 1 fully saturated rings. The molecular formula is C18H22BrN3O3S2. The third kappa shape index (κ3) is 4.20. The summed E-state index contributed by atoms with van der Waals surface area (Å²) >= 11 is 4.68. The van der Waals surface area contributed by atoms with Gasteiger partial charge in [0.25, 0.3) is 0 Å². The van der Waals surface area contributed by atoms with E-state index in [4.69, 9.17) is 0 Å². The Morgan fingerprint density at radius 1 is 1.26 bits per heavy atom. The summed E-state index contributed by atoms with van der Waals surface area (Å²) in [6.45, 7) is 7.49. The van der Waals surface area contributed by atoms with Crippen molar-refractivity contribution in [2.24, 2.45) is 0 Å². The summed E-state index contributed by atoms with van der Waals surface area (Å²) < 4.78 is 27.6. The maximum Gasteiger partial charge on any atom is 0.237 e. The molecular weight excluding hydrogens is 450 g/mol. The molecule has 9 heteroatoms. The van der Waals surface area contributed by atoms with Crippen molar-refractivity contribution < 1.29 is 13.2 Å². The van der Waals surface area contributed by atoms with Gasteiger partial charge in [0.1, 0.15) is 0 Å². The monoisotopic (exact) mass is 471 g/mol. The van der Waals surface area contributed by atoms with E-state index in [2.05, 4.69) is 31.0 Å². The van der Waals surface area contributed by atoms with E-state index in [0.29, 0.717) is 23.7 Å². The van der Waals surface area contributed by atoms with Crippen LogP contribution in [0.15, 0.2) is 22.0 Å². The zero-order valence-electron chi connectivity index (χ0n) is 15.6. The van der Waals surface area contributed by atoms with Crippen LogP contribution in [0.3, 0.4) is 0 Å². The Morgan fingerprint density at radius 2 is 1.93 bits per heavy atom. The average Bonchev–Trinajstić information content (AvgIpc) is 3.36. The predicted octanol–water partition coefficient (Wildman–Crippen LogP) is 4.34. The van der Waals surface area contributed by atoms with E-state index >= 15 is 0 Å². The Hall–Kier alpha value is -1.45. The number of anilines is 2. The number of thiazole rings is 1. The third-order valence-corrected chi connectivity index (χ3v) is 8.45. The van der Waals surface area contributed by atoms with Gasteiger partial charge in [-0.15, -0.1) is 11.3 Å². The molecule has 1 heterocycles. The van der Waals surface area contributed by atoms with Gasteiger partial charge in [0.15, 0.2) is 5.13 Å². The minimum Gasteiger partial charge on any atom is -0.325 e. The summed E-state index contributed by atoms with van der Waals surface area (Å²) in [5.41, 5.74) is 2.43. The van der Waals surface area contributed by atoms with Crippen LogP contribution >= 0.6 is 27.3 Å². The maximum absolute atomic E-state index is 12.9. The number of aromatic nitrogens is 1. The van der Waals surface area contributed by atoms with Gasteiger partial charge in [-0.2, -0.15) is 0 Å². The molecule has 146 valence electrons. The predicted molar refractivity (Wildman–Crippen MR) is 113 cm³/mol. The normalized spacial score (nSPS) is 14.9. The van der Waals surface area contributed by atoms with Crippen molar-refractivity contribution in [3.8, 4) is 0 Å². The summed E-state index contributed by atoms with van der Waals surface area (Å²) in [6.07, 6.45) is 1.38. The summed E-state index contributed by atoms with van der Waals surface area (Å²) in [4.78, 5) is 17.3. The van der Waals surface area contributed by atoms with E-state index in [9.17, 15) is 13.2 Å². The van der Waals surface area contributed by atoms with E-state index in [-0.39, 0.29) is 11.2 Å². The fourth-order valence-electron chi connectivity index (χ4n) is 2.51. The number of carbonyl (C=O) groups is 1. The second-order valence-corrected chi connectivity index (χ2v) is 11.0. The van der Waals surface area contributed by atoms with Crippen LogP contribution in [0.4, 0.5) is 10.8 Å². The van der Waals surface area contributed by atoms with Crippen LogP contribution in [0.2, 0.25) is 0 Å². The summed E-state index contributed by atoms with van der Waals surface area (Å²) in [5, 5.41) is 4.68. The van der Waals surface area contributed by atoms with Gasteiger partial charge >= 0.3 is 0 Å².